The Labute approximate surface area is 231 Å². The number of amides is 1. The van der Waals surface area contributed by atoms with Gasteiger partial charge in [-0.15, -0.1) is 0 Å². The molecule has 0 N–H and O–H groups in total. The molecular weight excluding hydrogens is 538 g/mol. The fourth-order valence-corrected chi connectivity index (χ4v) is 5.34. The van der Waals surface area contributed by atoms with Gasteiger partial charge in [0, 0.05) is 10.9 Å². The Kier molecular flexibility index (Phi) is 17.9. The number of hydrogen-bond donors (Lipinski definition) is 0. The van der Waals surface area contributed by atoms with E-state index < -0.39 is 5.97 Å². The number of thioether (sulfide) groups is 1. The molecule has 0 bridgehead atoms. The van der Waals surface area contributed by atoms with Gasteiger partial charge in [-0.2, -0.15) is 0 Å². The number of nitrogens with zero attached hydrogens (tertiary/aromatic N) is 1. The standard InChI is InChI=1S/C29H46BrNO4S/c1-5-6-7-8-9-10-11-12-13-14-15-16-17-18-28(34)36-22-26(32)31(21-27(33)35-4)29-23(2)19-20-25(30)24(29)3/h19-20H,5-18,21-22H2,1-4H3. The van der Waals surface area contributed by atoms with Crippen LogP contribution in [0.4, 0.5) is 5.69 Å². The number of halogens is 1. The smallest absolute Gasteiger partial charge is 0.325 e. The highest BCUT2D eigenvalue weighted by atomic mass is 79.9. The minimum Gasteiger partial charge on any atom is -0.468 e. The van der Waals surface area contributed by atoms with Gasteiger partial charge in [0.25, 0.3) is 0 Å². The summed E-state index contributed by atoms with van der Waals surface area (Å²) in [5.41, 5.74) is 2.44. The number of hydrogen-bond acceptors (Lipinski definition) is 5. The Morgan fingerprint density at radius 2 is 1.39 bits per heavy atom. The van der Waals surface area contributed by atoms with Crippen molar-refractivity contribution in [1.82, 2.24) is 0 Å². The monoisotopic (exact) mass is 583 g/mol. The normalized spacial score (nSPS) is 10.9. The summed E-state index contributed by atoms with van der Waals surface area (Å²) >= 11 is 4.55. The number of anilines is 1. The van der Waals surface area contributed by atoms with Crippen LogP contribution < -0.4 is 4.90 Å². The van der Waals surface area contributed by atoms with Crippen LogP contribution in [0.2, 0.25) is 0 Å². The van der Waals surface area contributed by atoms with Gasteiger partial charge in [-0.05, 0) is 37.5 Å². The van der Waals surface area contributed by atoms with E-state index >= 15 is 0 Å². The first-order valence-electron chi connectivity index (χ1n) is 13.6. The quantitative estimate of drug-likeness (QED) is 0.121. The van der Waals surface area contributed by atoms with Crippen LogP contribution in [0.15, 0.2) is 16.6 Å². The average molecular weight is 585 g/mol. The number of ether oxygens (including phenoxy) is 1. The molecule has 36 heavy (non-hydrogen) atoms. The molecule has 0 fully saturated rings. The summed E-state index contributed by atoms with van der Waals surface area (Å²) in [6, 6.07) is 3.82. The third-order valence-corrected chi connectivity index (χ3v) is 8.27. The van der Waals surface area contributed by atoms with Gasteiger partial charge < -0.3 is 4.74 Å². The molecule has 0 unspecified atom stereocenters. The van der Waals surface area contributed by atoms with Gasteiger partial charge in [0.1, 0.15) is 6.54 Å². The molecule has 1 aromatic rings. The first-order valence-corrected chi connectivity index (χ1v) is 15.4. The molecule has 0 spiro atoms. The second-order valence-corrected chi connectivity index (χ2v) is 11.4. The molecule has 0 saturated carbocycles. The third-order valence-electron chi connectivity index (χ3n) is 6.49. The second kappa shape index (κ2) is 19.7. The largest absolute Gasteiger partial charge is 0.468 e. The number of unbranched alkanes of at least 4 members (excludes halogenated alkanes) is 12. The van der Waals surface area contributed by atoms with E-state index in [0.29, 0.717) is 12.1 Å². The predicted molar refractivity (Wildman–Crippen MR) is 156 cm³/mol. The van der Waals surface area contributed by atoms with Crippen molar-refractivity contribution >= 4 is 50.4 Å². The van der Waals surface area contributed by atoms with Crippen molar-refractivity contribution in [1.29, 1.82) is 0 Å². The van der Waals surface area contributed by atoms with Gasteiger partial charge in [-0.25, -0.2) is 0 Å². The molecule has 0 heterocycles. The summed E-state index contributed by atoms with van der Waals surface area (Å²) in [6.07, 6.45) is 17.0. The van der Waals surface area contributed by atoms with E-state index in [9.17, 15) is 14.4 Å². The van der Waals surface area contributed by atoms with Gasteiger partial charge >= 0.3 is 5.97 Å². The lowest BCUT2D eigenvalue weighted by Gasteiger charge is -2.25. The maximum atomic E-state index is 13.0. The molecule has 0 aliphatic carbocycles. The van der Waals surface area contributed by atoms with E-state index in [1.54, 1.807) is 0 Å². The third kappa shape index (κ3) is 13.3. The van der Waals surface area contributed by atoms with Gasteiger partial charge in [0.05, 0.1) is 18.6 Å². The van der Waals surface area contributed by atoms with Crippen molar-refractivity contribution in [2.75, 3.05) is 24.3 Å². The Morgan fingerprint density at radius 3 is 1.92 bits per heavy atom. The highest BCUT2D eigenvalue weighted by Crippen LogP contribution is 2.31. The Balaban J connectivity index is 2.31. The van der Waals surface area contributed by atoms with Crippen molar-refractivity contribution in [2.45, 2.75) is 111 Å². The van der Waals surface area contributed by atoms with E-state index in [-0.39, 0.29) is 23.3 Å². The summed E-state index contributed by atoms with van der Waals surface area (Å²) in [6.45, 7) is 5.88. The minimum absolute atomic E-state index is 0.0136. The highest BCUT2D eigenvalue weighted by molar-refractivity contribution is 9.10. The van der Waals surface area contributed by atoms with Gasteiger partial charge in [-0.3, -0.25) is 19.3 Å². The van der Waals surface area contributed by atoms with Crippen molar-refractivity contribution < 1.29 is 19.1 Å². The Morgan fingerprint density at radius 1 is 0.861 bits per heavy atom. The van der Waals surface area contributed by atoms with Gasteiger partial charge in [0.15, 0.2) is 5.12 Å². The molecule has 0 radical (unpaired) electrons. The predicted octanol–water partition coefficient (Wildman–Crippen LogP) is 8.31. The van der Waals surface area contributed by atoms with E-state index in [4.69, 9.17) is 4.74 Å². The van der Waals surface area contributed by atoms with Gasteiger partial charge in [-0.1, -0.05) is 118 Å². The van der Waals surface area contributed by atoms with Crippen LogP contribution in [0.1, 0.15) is 108 Å². The molecule has 0 aliphatic heterocycles. The average Bonchev–Trinajstić information content (AvgIpc) is 2.86. The van der Waals surface area contributed by atoms with Crippen LogP contribution in [0.3, 0.4) is 0 Å². The van der Waals surface area contributed by atoms with E-state index in [0.717, 1.165) is 40.2 Å². The summed E-state index contributed by atoms with van der Waals surface area (Å²) in [7, 11) is 1.31. The van der Waals surface area contributed by atoms with Crippen molar-refractivity contribution in [3.05, 3.63) is 27.7 Å². The van der Waals surface area contributed by atoms with E-state index in [1.807, 2.05) is 26.0 Å². The lowest BCUT2D eigenvalue weighted by Crippen LogP contribution is -2.38. The van der Waals surface area contributed by atoms with Crippen LogP contribution in [-0.2, 0) is 19.1 Å². The highest BCUT2D eigenvalue weighted by Gasteiger charge is 2.24. The first kappa shape index (κ1) is 32.7. The summed E-state index contributed by atoms with van der Waals surface area (Å²) < 4.78 is 5.66. The van der Waals surface area contributed by atoms with Crippen LogP contribution in [-0.4, -0.2) is 36.4 Å². The van der Waals surface area contributed by atoms with Crippen LogP contribution in [0, 0.1) is 13.8 Å². The molecule has 0 aliphatic rings. The maximum Gasteiger partial charge on any atom is 0.325 e. The number of aryl methyl sites for hydroxylation is 1. The Hall–Kier alpha value is -1.34. The van der Waals surface area contributed by atoms with Crippen molar-refractivity contribution in [3.8, 4) is 0 Å². The molecule has 204 valence electrons. The molecule has 0 aromatic heterocycles. The summed E-state index contributed by atoms with van der Waals surface area (Å²) in [5, 5.41) is 0.0344. The SMILES string of the molecule is CCCCCCCCCCCCCCCC(=O)SCC(=O)N(CC(=O)OC)c1c(C)ccc(Br)c1C. The molecule has 1 aromatic carbocycles. The van der Waals surface area contributed by atoms with E-state index in [1.165, 1.54) is 82.6 Å². The van der Waals surface area contributed by atoms with Crippen LogP contribution in [0.5, 0.6) is 0 Å². The number of esters is 1. The minimum atomic E-state index is -0.495. The number of benzene rings is 1. The zero-order valence-electron chi connectivity index (χ0n) is 22.8. The zero-order chi connectivity index (χ0) is 26.8. The number of carbonyl (C=O) groups excluding carboxylic acids is 3. The number of methoxy groups -OCH3 is 1. The zero-order valence-corrected chi connectivity index (χ0v) is 25.2. The van der Waals surface area contributed by atoms with E-state index in [2.05, 4.69) is 22.9 Å². The molecule has 0 atom stereocenters. The molecular formula is C29H46BrNO4S. The molecule has 7 heteroatoms. The summed E-state index contributed by atoms with van der Waals surface area (Å²) in [5.74, 6) is -0.751. The second-order valence-electron chi connectivity index (χ2n) is 9.55. The summed E-state index contributed by atoms with van der Waals surface area (Å²) in [4.78, 5) is 38.8. The molecule has 5 nitrogen and oxygen atoms in total. The van der Waals surface area contributed by atoms with Crippen molar-refractivity contribution in [2.24, 2.45) is 0 Å². The van der Waals surface area contributed by atoms with Gasteiger partial charge in [0.2, 0.25) is 5.91 Å². The molecule has 1 rings (SSSR count). The lowest BCUT2D eigenvalue weighted by molar-refractivity contribution is -0.139. The number of carbonyl (C=O) groups is 3. The fraction of sp³-hybridized carbons (Fsp3) is 0.690. The topological polar surface area (TPSA) is 63.7 Å². The maximum absolute atomic E-state index is 13.0. The lowest BCUT2D eigenvalue weighted by atomic mass is 10.0. The van der Waals surface area contributed by atoms with Crippen LogP contribution >= 0.6 is 27.7 Å². The molecule has 0 saturated heterocycles. The number of rotatable bonds is 19. The first-order chi connectivity index (χ1) is 17.3. The molecule has 1 amide bonds. The fourth-order valence-electron chi connectivity index (χ4n) is 4.29. The van der Waals surface area contributed by atoms with Crippen molar-refractivity contribution in [3.63, 3.8) is 0 Å². The Bertz CT molecular complexity index is 815. The van der Waals surface area contributed by atoms with Crippen LogP contribution in [0.25, 0.3) is 0 Å².